The molecule has 0 bridgehead atoms. The fourth-order valence-corrected chi connectivity index (χ4v) is 2.80. The largest absolute Gasteiger partial charge is 0.481 e. The van der Waals surface area contributed by atoms with Gasteiger partial charge in [0.25, 0.3) is 0 Å². The van der Waals surface area contributed by atoms with Gasteiger partial charge in [-0.2, -0.15) is 0 Å². The molecular weight excluding hydrogens is 236 g/mol. The molecule has 2 atom stereocenters. The molecule has 82 valence electrons. The summed E-state index contributed by atoms with van der Waals surface area (Å²) in [6.07, 6.45) is 0. The highest BCUT2D eigenvalue weighted by atomic mass is 35.5. The number of thiazole rings is 1. The Bertz CT molecular complexity index is 382. The predicted molar refractivity (Wildman–Crippen MR) is 59.6 cm³/mol. The smallest absolute Gasteiger partial charge is 0.308 e. The summed E-state index contributed by atoms with van der Waals surface area (Å²) in [7, 11) is 0. The van der Waals surface area contributed by atoms with Crippen LogP contribution in [0.1, 0.15) is 6.92 Å². The Morgan fingerprint density at radius 3 is 2.93 bits per heavy atom. The molecule has 1 N–H and O–H groups in total. The van der Waals surface area contributed by atoms with E-state index < -0.39 is 5.97 Å². The number of carboxylic acid groups (broad SMARTS) is 1. The van der Waals surface area contributed by atoms with Crippen molar-refractivity contribution in [1.82, 2.24) is 4.98 Å². The van der Waals surface area contributed by atoms with Gasteiger partial charge in [0.1, 0.15) is 5.15 Å². The van der Waals surface area contributed by atoms with Crippen LogP contribution in [-0.2, 0) is 4.79 Å². The lowest BCUT2D eigenvalue weighted by molar-refractivity contribution is -0.142. The number of hydrogen-bond acceptors (Lipinski definition) is 4. The van der Waals surface area contributed by atoms with Gasteiger partial charge >= 0.3 is 5.97 Å². The minimum atomic E-state index is -0.729. The molecule has 0 aromatic carbocycles. The average Bonchev–Trinajstić information content (AvgIpc) is 2.71. The van der Waals surface area contributed by atoms with Crippen LogP contribution in [0.4, 0.5) is 5.13 Å². The van der Waals surface area contributed by atoms with Crippen molar-refractivity contribution in [2.24, 2.45) is 11.8 Å². The zero-order valence-electron chi connectivity index (χ0n) is 8.18. The third-order valence-electron chi connectivity index (χ3n) is 2.66. The number of carbonyl (C=O) groups is 1. The van der Waals surface area contributed by atoms with Crippen molar-refractivity contribution in [1.29, 1.82) is 0 Å². The molecule has 0 aliphatic carbocycles. The van der Waals surface area contributed by atoms with E-state index in [9.17, 15) is 4.79 Å². The normalized spacial score (nSPS) is 25.9. The van der Waals surface area contributed by atoms with Gasteiger partial charge in [-0.3, -0.25) is 4.79 Å². The van der Waals surface area contributed by atoms with E-state index in [1.54, 1.807) is 5.38 Å². The Morgan fingerprint density at radius 2 is 2.47 bits per heavy atom. The molecule has 2 heterocycles. The van der Waals surface area contributed by atoms with Gasteiger partial charge in [0.15, 0.2) is 5.13 Å². The Labute approximate surface area is 96.5 Å². The molecule has 1 aromatic heterocycles. The number of nitrogens with zero attached hydrogens (tertiary/aromatic N) is 2. The fraction of sp³-hybridized carbons (Fsp3) is 0.556. The van der Waals surface area contributed by atoms with E-state index >= 15 is 0 Å². The molecule has 0 amide bonds. The van der Waals surface area contributed by atoms with E-state index in [1.807, 2.05) is 11.8 Å². The van der Waals surface area contributed by atoms with Crippen molar-refractivity contribution in [3.63, 3.8) is 0 Å². The molecule has 0 saturated carbocycles. The van der Waals surface area contributed by atoms with Gasteiger partial charge in [-0.1, -0.05) is 18.5 Å². The van der Waals surface area contributed by atoms with E-state index in [2.05, 4.69) is 4.98 Å². The average molecular weight is 247 g/mol. The van der Waals surface area contributed by atoms with Crippen LogP contribution in [0.25, 0.3) is 0 Å². The first-order valence-corrected chi connectivity index (χ1v) is 5.92. The highest BCUT2D eigenvalue weighted by molar-refractivity contribution is 7.14. The number of aromatic nitrogens is 1. The van der Waals surface area contributed by atoms with Crippen LogP contribution in [0.3, 0.4) is 0 Å². The van der Waals surface area contributed by atoms with Crippen LogP contribution in [0.5, 0.6) is 0 Å². The predicted octanol–water partition coefficient (Wildman–Crippen LogP) is 1.95. The van der Waals surface area contributed by atoms with Gasteiger partial charge in [-0.25, -0.2) is 4.98 Å². The Kier molecular flexibility index (Phi) is 2.84. The first kappa shape index (κ1) is 10.7. The van der Waals surface area contributed by atoms with Crippen LogP contribution in [-0.4, -0.2) is 29.1 Å². The molecule has 0 unspecified atom stereocenters. The monoisotopic (exact) mass is 246 g/mol. The van der Waals surface area contributed by atoms with Crippen LogP contribution >= 0.6 is 22.9 Å². The van der Waals surface area contributed by atoms with Crippen LogP contribution in [0, 0.1) is 11.8 Å². The van der Waals surface area contributed by atoms with E-state index in [1.165, 1.54) is 11.3 Å². The van der Waals surface area contributed by atoms with Crippen molar-refractivity contribution >= 4 is 34.0 Å². The van der Waals surface area contributed by atoms with Crippen LogP contribution < -0.4 is 4.90 Å². The van der Waals surface area contributed by atoms with Gasteiger partial charge in [0.05, 0.1) is 5.92 Å². The van der Waals surface area contributed by atoms with Gasteiger partial charge in [-0.05, 0) is 5.92 Å². The Balaban J connectivity index is 2.12. The number of hydrogen-bond donors (Lipinski definition) is 1. The van der Waals surface area contributed by atoms with E-state index in [-0.39, 0.29) is 11.8 Å². The second kappa shape index (κ2) is 3.98. The summed E-state index contributed by atoms with van der Waals surface area (Å²) >= 11 is 7.18. The Hall–Kier alpha value is -0.810. The second-order valence-corrected chi connectivity index (χ2v) is 5.00. The van der Waals surface area contributed by atoms with Crippen molar-refractivity contribution in [2.75, 3.05) is 18.0 Å². The molecular formula is C9H11ClN2O2S. The van der Waals surface area contributed by atoms with Gasteiger partial charge in [0.2, 0.25) is 0 Å². The summed E-state index contributed by atoms with van der Waals surface area (Å²) in [4.78, 5) is 17.0. The van der Waals surface area contributed by atoms with Gasteiger partial charge < -0.3 is 10.0 Å². The summed E-state index contributed by atoms with van der Waals surface area (Å²) in [6.45, 7) is 3.22. The summed E-state index contributed by atoms with van der Waals surface area (Å²) in [5.74, 6) is -0.870. The minimum Gasteiger partial charge on any atom is -0.481 e. The number of carboxylic acids is 1. The maximum Gasteiger partial charge on any atom is 0.308 e. The molecule has 1 aliphatic heterocycles. The third-order valence-corrected chi connectivity index (χ3v) is 3.89. The lowest BCUT2D eigenvalue weighted by atomic mass is 9.99. The number of rotatable bonds is 2. The number of anilines is 1. The van der Waals surface area contributed by atoms with Crippen LogP contribution in [0.15, 0.2) is 5.38 Å². The highest BCUT2D eigenvalue weighted by Gasteiger charge is 2.35. The highest BCUT2D eigenvalue weighted by Crippen LogP contribution is 2.31. The lowest BCUT2D eigenvalue weighted by Gasteiger charge is -2.13. The molecule has 0 radical (unpaired) electrons. The van der Waals surface area contributed by atoms with E-state index in [4.69, 9.17) is 16.7 Å². The van der Waals surface area contributed by atoms with E-state index in [0.29, 0.717) is 11.7 Å². The molecule has 6 heteroatoms. The number of halogens is 1. The Morgan fingerprint density at radius 1 is 1.73 bits per heavy atom. The summed E-state index contributed by atoms with van der Waals surface area (Å²) in [6, 6.07) is 0. The van der Waals surface area contributed by atoms with Crippen molar-refractivity contribution in [3.8, 4) is 0 Å². The van der Waals surface area contributed by atoms with Crippen LogP contribution in [0.2, 0.25) is 5.15 Å². The molecule has 4 nitrogen and oxygen atoms in total. The molecule has 2 rings (SSSR count). The molecule has 1 fully saturated rings. The standard InChI is InChI=1S/C9H11ClN2O2S/c1-5-2-12(3-6(5)8(13)14)9-11-7(10)4-15-9/h4-6H,2-3H2,1H3,(H,13,14)/t5-,6-/m1/s1. The van der Waals surface area contributed by atoms with Gasteiger partial charge in [-0.15, -0.1) is 11.3 Å². The molecule has 0 spiro atoms. The third kappa shape index (κ3) is 2.08. The lowest BCUT2D eigenvalue weighted by Crippen LogP contribution is -2.22. The maximum atomic E-state index is 10.9. The minimum absolute atomic E-state index is 0.158. The molecule has 1 aliphatic rings. The molecule has 1 saturated heterocycles. The topological polar surface area (TPSA) is 53.4 Å². The molecule has 1 aromatic rings. The van der Waals surface area contributed by atoms with E-state index in [0.717, 1.165) is 11.7 Å². The van der Waals surface area contributed by atoms with Crippen molar-refractivity contribution in [2.45, 2.75) is 6.92 Å². The maximum absolute atomic E-state index is 10.9. The quantitative estimate of drug-likeness (QED) is 0.867. The number of aliphatic carboxylic acids is 1. The molecule has 15 heavy (non-hydrogen) atoms. The van der Waals surface area contributed by atoms with Gasteiger partial charge in [0, 0.05) is 18.5 Å². The van der Waals surface area contributed by atoms with Crippen molar-refractivity contribution < 1.29 is 9.90 Å². The first-order chi connectivity index (χ1) is 7.08. The van der Waals surface area contributed by atoms with Crippen molar-refractivity contribution in [3.05, 3.63) is 10.5 Å². The first-order valence-electron chi connectivity index (χ1n) is 4.66. The zero-order valence-corrected chi connectivity index (χ0v) is 9.75. The second-order valence-electron chi connectivity index (χ2n) is 3.78. The summed E-state index contributed by atoms with van der Waals surface area (Å²) in [5.41, 5.74) is 0. The summed E-state index contributed by atoms with van der Waals surface area (Å²) < 4.78 is 0. The fourth-order valence-electron chi connectivity index (χ4n) is 1.84. The zero-order chi connectivity index (χ0) is 11.0. The summed E-state index contributed by atoms with van der Waals surface area (Å²) in [5, 5.41) is 12.0. The SMILES string of the molecule is C[C@@H]1CN(c2nc(Cl)cs2)C[C@H]1C(=O)O.